The van der Waals surface area contributed by atoms with Gasteiger partial charge in [-0.3, -0.25) is 4.79 Å². The van der Waals surface area contributed by atoms with E-state index in [2.05, 4.69) is 16.0 Å². The van der Waals surface area contributed by atoms with Crippen molar-refractivity contribution in [2.75, 3.05) is 26.5 Å². The largest absolute Gasteiger partial charge is 0.507 e. The van der Waals surface area contributed by atoms with Crippen molar-refractivity contribution in [2.45, 2.75) is 17.8 Å². The van der Waals surface area contributed by atoms with Gasteiger partial charge in [0.15, 0.2) is 5.11 Å². The molecule has 0 saturated carbocycles. The van der Waals surface area contributed by atoms with Gasteiger partial charge in [-0.05, 0) is 18.3 Å². The maximum Gasteiger partial charge on any atom is 0.338 e. The number of cyclic esters (lactones) is 1. The van der Waals surface area contributed by atoms with Crippen molar-refractivity contribution in [2.24, 2.45) is 0 Å². The fraction of sp³-hybridized carbons (Fsp3) is 0.412. The smallest absolute Gasteiger partial charge is 0.338 e. The van der Waals surface area contributed by atoms with Gasteiger partial charge in [0.2, 0.25) is 5.91 Å². The first kappa shape index (κ1) is 22.6. The number of carbonyl (C=O) groups excluding carboxylic acids is 2. The van der Waals surface area contributed by atoms with E-state index in [1.54, 1.807) is 0 Å². The average Bonchev–Trinajstić information content (AvgIpc) is 2.69. The van der Waals surface area contributed by atoms with Crippen molar-refractivity contribution < 1.29 is 34.1 Å². The Bertz CT molecular complexity index is 818. The average molecular weight is 444 g/mol. The number of methoxy groups -OCH3 is 1. The lowest BCUT2D eigenvalue weighted by Gasteiger charge is -2.23. The number of nitrogens with one attached hydrogen (secondary N) is 3. The van der Waals surface area contributed by atoms with Crippen molar-refractivity contribution in [1.29, 1.82) is 0 Å². The Morgan fingerprint density at radius 1 is 1.41 bits per heavy atom. The normalized spacial score (nSPS) is 20.1. The Balaban J connectivity index is 2.40. The molecule has 0 aliphatic carbocycles. The van der Waals surface area contributed by atoms with Crippen LogP contribution in [0.1, 0.15) is 15.9 Å². The molecule has 0 aromatic heterocycles. The molecule has 10 nitrogen and oxygen atoms in total. The molecule has 1 aromatic rings. The van der Waals surface area contributed by atoms with E-state index in [0.29, 0.717) is 0 Å². The number of thioether (sulfide) groups is 1. The number of aliphatic carboxylic acids is 1. The molecule has 0 bridgehead atoms. The minimum absolute atomic E-state index is 0.0181. The number of phenolic OH excluding ortho intramolecular Hbond substituents is 1. The highest BCUT2D eigenvalue weighted by Crippen LogP contribution is 2.32. The quantitative estimate of drug-likeness (QED) is 0.314. The Hall–Kier alpha value is -2.73. The van der Waals surface area contributed by atoms with Crippen LogP contribution in [0.15, 0.2) is 12.1 Å². The van der Waals surface area contributed by atoms with Crippen LogP contribution in [0.25, 0.3) is 0 Å². The summed E-state index contributed by atoms with van der Waals surface area (Å²) >= 11 is 6.12. The Morgan fingerprint density at radius 3 is 2.76 bits per heavy atom. The minimum Gasteiger partial charge on any atom is -0.507 e. The molecule has 1 aliphatic rings. The molecule has 1 heterocycles. The molecule has 1 amide bonds. The summed E-state index contributed by atoms with van der Waals surface area (Å²) < 4.78 is 10.3. The second-order valence-electron chi connectivity index (χ2n) is 5.96. The third-order valence-electron chi connectivity index (χ3n) is 4.03. The van der Waals surface area contributed by atoms with Gasteiger partial charge >= 0.3 is 11.9 Å². The van der Waals surface area contributed by atoms with Crippen LogP contribution in [0.5, 0.6) is 11.5 Å². The van der Waals surface area contributed by atoms with E-state index in [4.69, 9.17) is 21.7 Å². The standard InChI is InChI=1S/C17H21N3O7S2/c1-18-17(28)20-11-5-27-16(25)9-3-8(26-2)4-13(21)10(9)6-29-7-12(15(23)24)19-14(11)22/h3-4,11-12,21H,5-7H2,1-2H3,(H,19,22)(H,23,24)(H2,18,20,28)/t11-,12-/m0/s1. The highest BCUT2D eigenvalue weighted by atomic mass is 32.2. The van der Waals surface area contributed by atoms with Gasteiger partial charge in [0.05, 0.1) is 12.7 Å². The van der Waals surface area contributed by atoms with Gasteiger partial charge in [-0.15, -0.1) is 0 Å². The highest BCUT2D eigenvalue weighted by molar-refractivity contribution is 7.98. The van der Waals surface area contributed by atoms with E-state index >= 15 is 0 Å². The van der Waals surface area contributed by atoms with E-state index in [-0.39, 0.29) is 39.2 Å². The number of fused-ring (bicyclic) bond motifs is 1. The Morgan fingerprint density at radius 2 is 2.14 bits per heavy atom. The number of carbonyl (C=O) groups is 3. The summed E-state index contributed by atoms with van der Waals surface area (Å²) in [6.45, 7) is -0.413. The predicted molar refractivity (Wildman–Crippen MR) is 109 cm³/mol. The summed E-state index contributed by atoms with van der Waals surface area (Å²) in [5.41, 5.74) is 0.351. The third-order valence-corrected chi connectivity index (χ3v) is 5.41. The maximum atomic E-state index is 12.6. The lowest BCUT2D eigenvalue weighted by molar-refractivity contribution is -0.141. The molecular weight excluding hydrogens is 422 g/mol. The van der Waals surface area contributed by atoms with Crippen LogP contribution in [0.4, 0.5) is 0 Å². The minimum atomic E-state index is -1.21. The second-order valence-corrected chi connectivity index (χ2v) is 7.40. The van der Waals surface area contributed by atoms with Crippen molar-refractivity contribution >= 4 is 46.9 Å². The summed E-state index contributed by atoms with van der Waals surface area (Å²) in [5.74, 6) is -2.44. The number of ether oxygens (including phenoxy) is 2. The molecule has 0 fully saturated rings. The Labute approximate surface area is 176 Å². The molecule has 5 N–H and O–H groups in total. The van der Waals surface area contributed by atoms with E-state index in [1.165, 1.54) is 26.3 Å². The monoisotopic (exact) mass is 443 g/mol. The molecule has 29 heavy (non-hydrogen) atoms. The van der Waals surface area contributed by atoms with Crippen LogP contribution in [0.2, 0.25) is 0 Å². The van der Waals surface area contributed by atoms with E-state index in [0.717, 1.165) is 11.8 Å². The van der Waals surface area contributed by atoms with Crippen LogP contribution in [0, 0.1) is 0 Å². The summed E-state index contributed by atoms with van der Waals surface area (Å²) in [7, 11) is 2.92. The number of rotatable bonds is 3. The molecule has 1 aliphatic heterocycles. The van der Waals surface area contributed by atoms with E-state index in [9.17, 15) is 24.6 Å². The summed E-state index contributed by atoms with van der Waals surface area (Å²) in [6, 6.07) is 0.468. The molecule has 2 atom stereocenters. The third kappa shape index (κ3) is 5.87. The molecule has 0 spiro atoms. The number of hydrogen-bond acceptors (Lipinski definition) is 8. The predicted octanol–water partition coefficient (Wildman–Crippen LogP) is -0.164. The molecule has 0 radical (unpaired) electrons. The van der Waals surface area contributed by atoms with Gasteiger partial charge in [0, 0.05) is 30.2 Å². The number of carboxylic acids is 1. The van der Waals surface area contributed by atoms with Crippen LogP contribution < -0.4 is 20.7 Å². The Kier molecular flexibility index (Phi) is 7.91. The molecular formula is C17H21N3O7S2. The van der Waals surface area contributed by atoms with Crippen LogP contribution in [0.3, 0.4) is 0 Å². The number of amides is 1. The number of phenols is 1. The van der Waals surface area contributed by atoms with Gasteiger partial charge in [0.25, 0.3) is 0 Å². The van der Waals surface area contributed by atoms with Crippen molar-refractivity contribution in [1.82, 2.24) is 16.0 Å². The van der Waals surface area contributed by atoms with Gasteiger partial charge in [0.1, 0.15) is 30.2 Å². The zero-order chi connectivity index (χ0) is 21.6. The number of carboxylic acid groups (broad SMARTS) is 1. The molecule has 1 aromatic carbocycles. The first-order valence-corrected chi connectivity index (χ1v) is 9.99. The molecule has 158 valence electrons. The topological polar surface area (TPSA) is 146 Å². The molecule has 0 saturated heterocycles. The summed E-state index contributed by atoms with van der Waals surface area (Å²) in [5, 5.41) is 27.5. The SMILES string of the molecule is CNC(=S)N[C@H]1COC(=O)c2cc(OC)cc(O)c2CSC[C@@H](C(=O)O)NC1=O. The number of thiocarbonyl (C=S) groups is 1. The van der Waals surface area contributed by atoms with Crippen molar-refractivity contribution in [3.05, 3.63) is 23.3 Å². The van der Waals surface area contributed by atoms with Gasteiger partial charge in [-0.2, -0.15) is 11.8 Å². The fourth-order valence-electron chi connectivity index (χ4n) is 2.46. The summed E-state index contributed by atoms with van der Waals surface area (Å²) in [6.07, 6.45) is 0. The lowest BCUT2D eigenvalue weighted by atomic mass is 10.1. The highest BCUT2D eigenvalue weighted by Gasteiger charge is 2.29. The molecule has 2 rings (SSSR count). The van der Waals surface area contributed by atoms with E-state index in [1.807, 2.05) is 0 Å². The summed E-state index contributed by atoms with van der Waals surface area (Å²) in [4.78, 5) is 36.7. The van der Waals surface area contributed by atoms with Gasteiger partial charge < -0.3 is 35.6 Å². The molecule has 12 heteroatoms. The number of benzene rings is 1. The van der Waals surface area contributed by atoms with Gasteiger partial charge in [-0.25, -0.2) is 9.59 Å². The maximum absolute atomic E-state index is 12.6. The lowest BCUT2D eigenvalue weighted by Crippen LogP contribution is -2.55. The van der Waals surface area contributed by atoms with Gasteiger partial charge in [-0.1, -0.05) is 0 Å². The van der Waals surface area contributed by atoms with Crippen molar-refractivity contribution in [3.63, 3.8) is 0 Å². The molecule has 0 unspecified atom stereocenters. The second kappa shape index (κ2) is 10.2. The van der Waals surface area contributed by atoms with Crippen LogP contribution >= 0.6 is 24.0 Å². The van der Waals surface area contributed by atoms with E-state index < -0.39 is 36.5 Å². The van der Waals surface area contributed by atoms with Crippen LogP contribution in [-0.4, -0.2) is 71.8 Å². The fourth-order valence-corrected chi connectivity index (χ4v) is 3.69. The first-order valence-electron chi connectivity index (χ1n) is 8.43. The zero-order valence-corrected chi connectivity index (χ0v) is 17.3. The number of esters is 1. The van der Waals surface area contributed by atoms with Crippen LogP contribution in [-0.2, 0) is 20.1 Å². The number of hydrogen-bond donors (Lipinski definition) is 5. The first-order chi connectivity index (χ1) is 13.8. The number of aromatic hydroxyl groups is 1. The zero-order valence-electron chi connectivity index (χ0n) is 15.7. The van der Waals surface area contributed by atoms with Crippen molar-refractivity contribution in [3.8, 4) is 11.5 Å².